The Morgan fingerprint density at radius 1 is 1.30 bits per heavy atom. The molecule has 0 saturated carbocycles. The molecule has 108 valence electrons. The fourth-order valence-corrected chi connectivity index (χ4v) is 3.31. The van der Waals surface area contributed by atoms with Crippen LogP contribution in [-0.2, 0) is 10.2 Å². The Hall–Kier alpha value is -0.660. The molecular formula is C15H20IN3O. The second-order valence-electron chi connectivity index (χ2n) is 6.01. The average Bonchev–Trinajstić information content (AvgIpc) is 2.81. The first-order chi connectivity index (χ1) is 9.56. The Morgan fingerprint density at radius 2 is 2.05 bits per heavy atom. The highest BCUT2D eigenvalue weighted by Crippen LogP contribution is 2.26. The van der Waals surface area contributed by atoms with Gasteiger partial charge in [-0.3, -0.25) is 4.90 Å². The van der Waals surface area contributed by atoms with Gasteiger partial charge < -0.3 is 4.74 Å². The van der Waals surface area contributed by atoms with Gasteiger partial charge in [0.2, 0.25) is 0 Å². The molecule has 0 aromatic carbocycles. The van der Waals surface area contributed by atoms with Gasteiger partial charge in [-0.05, 0) is 34.2 Å². The molecule has 5 heteroatoms. The molecular weight excluding hydrogens is 365 g/mol. The van der Waals surface area contributed by atoms with Crippen LogP contribution in [0, 0.1) is 3.57 Å². The minimum absolute atomic E-state index is 0.114. The molecule has 0 atom stereocenters. The molecule has 3 heterocycles. The van der Waals surface area contributed by atoms with E-state index in [0.29, 0.717) is 0 Å². The van der Waals surface area contributed by atoms with Crippen LogP contribution in [0.3, 0.4) is 0 Å². The number of fused-ring (bicyclic) bond motifs is 1. The van der Waals surface area contributed by atoms with Crippen LogP contribution in [0.1, 0.15) is 19.4 Å². The van der Waals surface area contributed by atoms with Gasteiger partial charge in [0, 0.05) is 31.2 Å². The summed E-state index contributed by atoms with van der Waals surface area (Å²) in [6, 6.07) is 4.41. The van der Waals surface area contributed by atoms with E-state index in [1.54, 1.807) is 0 Å². The molecule has 0 amide bonds. The molecule has 20 heavy (non-hydrogen) atoms. The quantitative estimate of drug-likeness (QED) is 0.761. The Labute approximate surface area is 133 Å². The number of hydrogen-bond donors (Lipinski definition) is 0. The number of ether oxygens (including phenoxy) is 1. The average molecular weight is 385 g/mol. The summed E-state index contributed by atoms with van der Waals surface area (Å²) in [5.41, 5.74) is 2.62. The first-order valence-electron chi connectivity index (χ1n) is 7.00. The van der Waals surface area contributed by atoms with Gasteiger partial charge in [-0.15, -0.1) is 0 Å². The van der Waals surface area contributed by atoms with Gasteiger partial charge in [0.15, 0.2) is 0 Å². The normalized spacial score (nSPS) is 17.8. The van der Waals surface area contributed by atoms with Crippen LogP contribution in [-0.4, -0.2) is 47.4 Å². The van der Waals surface area contributed by atoms with Gasteiger partial charge in [-0.25, -0.2) is 4.52 Å². The number of halogens is 1. The molecule has 0 unspecified atom stereocenters. The van der Waals surface area contributed by atoms with Gasteiger partial charge in [-0.1, -0.05) is 19.9 Å². The Morgan fingerprint density at radius 3 is 2.80 bits per heavy atom. The van der Waals surface area contributed by atoms with Crippen LogP contribution >= 0.6 is 22.6 Å². The highest BCUT2D eigenvalue weighted by molar-refractivity contribution is 14.1. The van der Waals surface area contributed by atoms with E-state index < -0.39 is 0 Å². The third kappa shape index (κ3) is 2.84. The standard InChI is InChI=1S/C15H20IN3O/c1-15(2,11-18-5-7-20-8-6-18)12-3-4-14-13(16)9-17-19(14)10-12/h3-4,9-10H,5-8,11H2,1-2H3. The predicted molar refractivity (Wildman–Crippen MR) is 88.2 cm³/mol. The minimum atomic E-state index is 0.114. The maximum atomic E-state index is 5.42. The summed E-state index contributed by atoms with van der Waals surface area (Å²) in [6.07, 6.45) is 4.08. The van der Waals surface area contributed by atoms with E-state index in [4.69, 9.17) is 4.74 Å². The molecule has 0 bridgehead atoms. The van der Waals surface area contributed by atoms with Gasteiger partial charge in [0.1, 0.15) is 0 Å². The molecule has 1 aliphatic heterocycles. The molecule has 3 rings (SSSR count). The van der Waals surface area contributed by atoms with Crippen molar-refractivity contribution in [2.45, 2.75) is 19.3 Å². The molecule has 4 nitrogen and oxygen atoms in total. The molecule has 2 aromatic rings. The predicted octanol–water partition coefficient (Wildman–Crippen LogP) is 2.55. The van der Waals surface area contributed by atoms with Crippen molar-refractivity contribution < 1.29 is 4.74 Å². The lowest BCUT2D eigenvalue weighted by molar-refractivity contribution is 0.0295. The Kier molecular flexibility index (Phi) is 4.01. The lowest BCUT2D eigenvalue weighted by atomic mass is 9.85. The molecule has 0 aliphatic carbocycles. The molecule has 1 fully saturated rings. The number of aromatic nitrogens is 2. The fourth-order valence-electron chi connectivity index (χ4n) is 2.76. The molecule has 0 radical (unpaired) electrons. The summed E-state index contributed by atoms with van der Waals surface area (Å²) in [5, 5.41) is 4.41. The maximum Gasteiger partial charge on any atom is 0.0795 e. The van der Waals surface area contributed by atoms with E-state index in [1.165, 1.54) is 14.7 Å². The number of morpholine rings is 1. The van der Waals surface area contributed by atoms with E-state index in [1.807, 2.05) is 10.7 Å². The number of hydrogen-bond acceptors (Lipinski definition) is 3. The zero-order valence-electron chi connectivity index (χ0n) is 12.0. The summed E-state index contributed by atoms with van der Waals surface area (Å²) in [6.45, 7) is 9.44. The molecule has 0 N–H and O–H groups in total. The third-order valence-corrected chi connectivity index (χ3v) is 4.80. The summed E-state index contributed by atoms with van der Waals surface area (Å²) in [7, 11) is 0. The van der Waals surface area contributed by atoms with Crippen molar-refractivity contribution in [2.75, 3.05) is 32.8 Å². The van der Waals surface area contributed by atoms with Gasteiger partial charge >= 0.3 is 0 Å². The molecule has 2 aromatic heterocycles. The van der Waals surface area contributed by atoms with E-state index in [9.17, 15) is 0 Å². The van der Waals surface area contributed by atoms with Crippen LogP contribution in [0.5, 0.6) is 0 Å². The summed E-state index contributed by atoms with van der Waals surface area (Å²) >= 11 is 2.32. The van der Waals surface area contributed by atoms with Gasteiger partial charge in [-0.2, -0.15) is 5.10 Å². The smallest absolute Gasteiger partial charge is 0.0795 e. The second-order valence-corrected chi connectivity index (χ2v) is 7.17. The number of nitrogens with zero attached hydrogens (tertiary/aromatic N) is 3. The minimum Gasteiger partial charge on any atom is -0.379 e. The van der Waals surface area contributed by atoms with Crippen molar-refractivity contribution in [1.29, 1.82) is 0 Å². The number of pyridine rings is 1. The van der Waals surface area contributed by atoms with Crippen LogP contribution in [0.25, 0.3) is 5.52 Å². The van der Waals surface area contributed by atoms with Crippen LogP contribution in [0.15, 0.2) is 24.5 Å². The highest BCUT2D eigenvalue weighted by atomic mass is 127. The van der Waals surface area contributed by atoms with Crippen LogP contribution in [0.2, 0.25) is 0 Å². The second kappa shape index (κ2) is 5.61. The van der Waals surface area contributed by atoms with E-state index in [-0.39, 0.29) is 5.41 Å². The Balaban J connectivity index is 1.83. The van der Waals surface area contributed by atoms with Gasteiger partial charge in [0.05, 0.1) is 28.5 Å². The summed E-state index contributed by atoms with van der Waals surface area (Å²) in [5.74, 6) is 0. The lowest BCUT2D eigenvalue weighted by Gasteiger charge is -2.35. The van der Waals surface area contributed by atoms with Gasteiger partial charge in [0.25, 0.3) is 0 Å². The van der Waals surface area contributed by atoms with E-state index in [2.05, 4.69) is 64.8 Å². The first-order valence-corrected chi connectivity index (χ1v) is 8.08. The largest absolute Gasteiger partial charge is 0.379 e. The van der Waals surface area contributed by atoms with Crippen molar-refractivity contribution >= 4 is 28.1 Å². The first kappa shape index (κ1) is 14.3. The van der Waals surface area contributed by atoms with Crippen molar-refractivity contribution in [2.24, 2.45) is 0 Å². The lowest BCUT2D eigenvalue weighted by Crippen LogP contribution is -2.43. The SMILES string of the molecule is CC(C)(CN1CCOCC1)c1ccc2c(I)cnn2c1. The highest BCUT2D eigenvalue weighted by Gasteiger charge is 2.25. The molecule has 0 spiro atoms. The molecule has 1 saturated heterocycles. The zero-order valence-corrected chi connectivity index (χ0v) is 14.1. The van der Waals surface area contributed by atoms with E-state index >= 15 is 0 Å². The zero-order chi connectivity index (χ0) is 14.2. The number of rotatable bonds is 3. The maximum absolute atomic E-state index is 5.42. The molecule has 1 aliphatic rings. The van der Waals surface area contributed by atoms with E-state index in [0.717, 1.165) is 32.8 Å². The van der Waals surface area contributed by atoms with Crippen molar-refractivity contribution in [3.8, 4) is 0 Å². The summed E-state index contributed by atoms with van der Waals surface area (Å²) < 4.78 is 8.60. The third-order valence-electron chi connectivity index (χ3n) is 3.97. The van der Waals surface area contributed by atoms with Crippen molar-refractivity contribution in [3.05, 3.63) is 33.7 Å². The fraction of sp³-hybridized carbons (Fsp3) is 0.533. The van der Waals surface area contributed by atoms with Crippen LogP contribution in [0.4, 0.5) is 0 Å². The van der Waals surface area contributed by atoms with Crippen LogP contribution < -0.4 is 0 Å². The monoisotopic (exact) mass is 385 g/mol. The summed E-state index contributed by atoms with van der Waals surface area (Å²) in [4.78, 5) is 2.49. The van der Waals surface area contributed by atoms with Crippen molar-refractivity contribution in [1.82, 2.24) is 14.5 Å². The Bertz CT molecular complexity index is 602. The topological polar surface area (TPSA) is 29.8 Å². The van der Waals surface area contributed by atoms with Crippen molar-refractivity contribution in [3.63, 3.8) is 0 Å².